The van der Waals surface area contributed by atoms with E-state index in [1.165, 1.54) is 0 Å². The Bertz CT molecular complexity index is 422. The van der Waals surface area contributed by atoms with Crippen LogP contribution in [0.1, 0.15) is 60.3 Å². The number of β-amino-alcohol motifs (C(OH)–C–C–N with tert-alkyl or cyclic N) is 1. The molecular formula is C17H32N2O3. The van der Waals surface area contributed by atoms with Crippen molar-refractivity contribution in [2.75, 3.05) is 13.1 Å². The first-order valence-electron chi connectivity index (χ1n) is 8.43. The van der Waals surface area contributed by atoms with E-state index in [1.54, 1.807) is 4.90 Å². The Labute approximate surface area is 134 Å². The molecule has 1 aliphatic carbocycles. The Hall–Kier alpha value is -0.810. The number of rotatable bonds is 1. The molecule has 1 heterocycles. The number of nitrogens with zero attached hydrogens (tertiary/aromatic N) is 1. The molecule has 0 aromatic rings. The highest BCUT2D eigenvalue weighted by molar-refractivity contribution is 5.68. The van der Waals surface area contributed by atoms with Gasteiger partial charge in [0.25, 0.3) is 0 Å². The van der Waals surface area contributed by atoms with Crippen molar-refractivity contribution in [1.82, 2.24) is 4.90 Å². The molecule has 128 valence electrons. The molecule has 0 aromatic heterocycles. The molecule has 5 nitrogen and oxygen atoms in total. The van der Waals surface area contributed by atoms with E-state index in [0.717, 1.165) is 19.3 Å². The molecule has 0 radical (unpaired) electrons. The highest BCUT2D eigenvalue weighted by Gasteiger charge is 2.54. The van der Waals surface area contributed by atoms with Crippen LogP contribution >= 0.6 is 0 Å². The van der Waals surface area contributed by atoms with Crippen molar-refractivity contribution in [1.29, 1.82) is 0 Å². The smallest absolute Gasteiger partial charge is 0.410 e. The lowest BCUT2D eigenvalue weighted by molar-refractivity contribution is -0.0601. The number of nitrogens with two attached hydrogens (primary N) is 1. The summed E-state index contributed by atoms with van der Waals surface area (Å²) in [6.07, 6.45) is 2.96. The van der Waals surface area contributed by atoms with Crippen LogP contribution in [0.5, 0.6) is 0 Å². The minimum Gasteiger partial charge on any atom is -0.444 e. The molecule has 2 fully saturated rings. The molecule has 2 aliphatic rings. The maximum atomic E-state index is 12.2. The van der Waals surface area contributed by atoms with Gasteiger partial charge in [0, 0.05) is 12.1 Å². The van der Waals surface area contributed by atoms with E-state index in [1.807, 2.05) is 20.8 Å². The molecule has 2 rings (SSSR count). The van der Waals surface area contributed by atoms with E-state index >= 15 is 0 Å². The first-order valence-corrected chi connectivity index (χ1v) is 8.43. The van der Waals surface area contributed by atoms with Gasteiger partial charge in [0.05, 0.1) is 6.54 Å². The van der Waals surface area contributed by atoms with Crippen LogP contribution in [0.4, 0.5) is 4.79 Å². The third-order valence-electron chi connectivity index (χ3n) is 5.06. The number of hydrogen-bond acceptors (Lipinski definition) is 4. The zero-order valence-electron chi connectivity index (χ0n) is 14.7. The Morgan fingerprint density at radius 1 is 1.27 bits per heavy atom. The minimum atomic E-state index is -1.01. The molecule has 22 heavy (non-hydrogen) atoms. The third-order valence-corrected chi connectivity index (χ3v) is 5.06. The van der Waals surface area contributed by atoms with Crippen molar-refractivity contribution >= 4 is 6.09 Å². The number of carbonyl (C=O) groups excluding carboxylic acids is 1. The molecule has 1 amide bonds. The van der Waals surface area contributed by atoms with E-state index in [2.05, 4.69) is 13.8 Å². The highest BCUT2D eigenvalue weighted by Crippen LogP contribution is 2.44. The quantitative estimate of drug-likeness (QED) is 0.780. The van der Waals surface area contributed by atoms with Gasteiger partial charge < -0.3 is 20.5 Å². The van der Waals surface area contributed by atoms with Crippen molar-refractivity contribution < 1.29 is 14.6 Å². The number of carbonyl (C=O) groups is 1. The normalized spacial score (nSPS) is 39.9. The van der Waals surface area contributed by atoms with Gasteiger partial charge in [-0.2, -0.15) is 0 Å². The van der Waals surface area contributed by atoms with Gasteiger partial charge in [-0.25, -0.2) is 4.79 Å². The van der Waals surface area contributed by atoms with Crippen LogP contribution in [-0.4, -0.2) is 45.9 Å². The molecular weight excluding hydrogens is 280 g/mol. The molecule has 0 spiro atoms. The number of ether oxygens (including phenoxy) is 1. The van der Waals surface area contributed by atoms with Gasteiger partial charge in [0.1, 0.15) is 11.2 Å². The van der Waals surface area contributed by atoms with E-state index in [0.29, 0.717) is 24.8 Å². The summed E-state index contributed by atoms with van der Waals surface area (Å²) in [4.78, 5) is 13.8. The van der Waals surface area contributed by atoms with Crippen LogP contribution < -0.4 is 5.73 Å². The first kappa shape index (κ1) is 17.5. The van der Waals surface area contributed by atoms with Crippen molar-refractivity contribution in [2.24, 2.45) is 17.6 Å². The molecule has 3 N–H and O–H groups in total. The number of hydrogen-bond donors (Lipinski definition) is 2. The Morgan fingerprint density at radius 2 is 1.82 bits per heavy atom. The summed E-state index contributed by atoms with van der Waals surface area (Å²) in [5.74, 6) is 1.02. The lowest BCUT2D eigenvalue weighted by Crippen LogP contribution is -2.64. The maximum Gasteiger partial charge on any atom is 0.410 e. The van der Waals surface area contributed by atoms with Crippen LogP contribution in [0, 0.1) is 11.8 Å². The van der Waals surface area contributed by atoms with Gasteiger partial charge in [-0.3, -0.25) is 0 Å². The molecule has 0 aromatic carbocycles. The Morgan fingerprint density at radius 3 is 2.32 bits per heavy atom. The zero-order chi connectivity index (χ0) is 16.8. The second-order valence-corrected chi connectivity index (χ2v) is 8.69. The second-order valence-electron chi connectivity index (χ2n) is 8.69. The molecule has 1 saturated carbocycles. The van der Waals surface area contributed by atoms with Gasteiger partial charge in [-0.05, 0) is 58.3 Å². The average Bonchev–Trinajstić information content (AvgIpc) is 2.69. The van der Waals surface area contributed by atoms with E-state index in [4.69, 9.17) is 10.5 Å². The highest BCUT2D eigenvalue weighted by atomic mass is 16.6. The summed E-state index contributed by atoms with van der Waals surface area (Å²) in [6.45, 7) is 10.7. The molecule has 3 unspecified atom stereocenters. The predicted octanol–water partition coefficient (Wildman–Crippen LogP) is 2.51. The van der Waals surface area contributed by atoms with Gasteiger partial charge in [0.2, 0.25) is 0 Å². The SMILES string of the molecule is CC1CC(C)CC(N)(C2(O)CCN(C(=O)OC(C)(C)C)C2)C1. The van der Waals surface area contributed by atoms with Crippen molar-refractivity contribution in [3.63, 3.8) is 0 Å². The van der Waals surface area contributed by atoms with Crippen LogP contribution in [0.3, 0.4) is 0 Å². The molecule has 3 atom stereocenters. The summed E-state index contributed by atoms with van der Waals surface area (Å²) in [6, 6.07) is 0. The fraction of sp³-hybridized carbons (Fsp3) is 0.941. The standard InChI is InChI=1S/C17H32N2O3/c1-12-8-13(2)10-16(18,9-12)17(21)6-7-19(11-17)14(20)22-15(3,4)5/h12-13,21H,6-11,18H2,1-5H3. The first-order chi connectivity index (χ1) is 9.94. The summed E-state index contributed by atoms with van der Waals surface area (Å²) >= 11 is 0. The van der Waals surface area contributed by atoms with Crippen LogP contribution in [0.25, 0.3) is 0 Å². The van der Waals surface area contributed by atoms with E-state index in [9.17, 15) is 9.90 Å². The van der Waals surface area contributed by atoms with Gasteiger partial charge >= 0.3 is 6.09 Å². The van der Waals surface area contributed by atoms with Gasteiger partial charge in [0.15, 0.2) is 0 Å². The number of amides is 1. The van der Waals surface area contributed by atoms with Crippen molar-refractivity contribution in [2.45, 2.75) is 77.0 Å². The molecule has 5 heteroatoms. The van der Waals surface area contributed by atoms with Crippen molar-refractivity contribution in [3.05, 3.63) is 0 Å². The van der Waals surface area contributed by atoms with E-state index < -0.39 is 16.7 Å². The van der Waals surface area contributed by atoms with Crippen LogP contribution in [0.2, 0.25) is 0 Å². The molecule has 1 saturated heterocycles. The summed E-state index contributed by atoms with van der Waals surface area (Å²) in [7, 11) is 0. The number of likely N-dealkylation sites (tertiary alicyclic amines) is 1. The van der Waals surface area contributed by atoms with Crippen molar-refractivity contribution in [3.8, 4) is 0 Å². The maximum absolute atomic E-state index is 12.2. The Kier molecular flexibility index (Phi) is 4.53. The largest absolute Gasteiger partial charge is 0.444 e. The summed E-state index contributed by atoms with van der Waals surface area (Å²) in [5, 5.41) is 11.2. The molecule has 0 bridgehead atoms. The predicted molar refractivity (Wildman–Crippen MR) is 86.5 cm³/mol. The van der Waals surface area contributed by atoms with E-state index in [-0.39, 0.29) is 12.6 Å². The fourth-order valence-corrected chi connectivity index (χ4v) is 4.24. The van der Waals surface area contributed by atoms with Gasteiger partial charge in [-0.1, -0.05) is 13.8 Å². The zero-order valence-corrected chi connectivity index (χ0v) is 14.7. The number of aliphatic hydroxyl groups is 1. The van der Waals surface area contributed by atoms with Crippen LogP contribution in [0.15, 0.2) is 0 Å². The monoisotopic (exact) mass is 312 g/mol. The third kappa shape index (κ3) is 3.57. The molecule has 1 aliphatic heterocycles. The average molecular weight is 312 g/mol. The van der Waals surface area contributed by atoms with Gasteiger partial charge in [-0.15, -0.1) is 0 Å². The Balaban J connectivity index is 2.08. The second kappa shape index (κ2) is 5.68. The lowest BCUT2D eigenvalue weighted by Gasteiger charge is -2.48. The summed E-state index contributed by atoms with van der Waals surface area (Å²) < 4.78 is 5.41. The minimum absolute atomic E-state index is 0.276. The summed E-state index contributed by atoms with van der Waals surface area (Å²) in [5.41, 5.74) is 4.50. The fourth-order valence-electron chi connectivity index (χ4n) is 4.24. The van der Waals surface area contributed by atoms with Crippen LogP contribution in [-0.2, 0) is 4.74 Å². The lowest BCUT2D eigenvalue weighted by atomic mass is 9.64. The topological polar surface area (TPSA) is 75.8 Å².